The van der Waals surface area contributed by atoms with Gasteiger partial charge in [-0.2, -0.15) is 0 Å². The predicted octanol–water partition coefficient (Wildman–Crippen LogP) is 1.81. The van der Waals surface area contributed by atoms with E-state index in [0.717, 1.165) is 11.3 Å². The van der Waals surface area contributed by atoms with E-state index in [1.165, 1.54) is 0 Å². The second-order valence-corrected chi connectivity index (χ2v) is 6.05. The van der Waals surface area contributed by atoms with Crippen LogP contribution in [-0.4, -0.2) is 24.3 Å². The average Bonchev–Trinajstić information content (AvgIpc) is 3.02. The molecule has 2 aromatic rings. The molecule has 1 fully saturated rings. The molecule has 1 atom stereocenters. The summed E-state index contributed by atoms with van der Waals surface area (Å²) in [5.74, 6) is -1.35. The molecule has 6 nitrogen and oxygen atoms in total. The van der Waals surface area contributed by atoms with Crippen molar-refractivity contribution in [3.8, 4) is 0 Å². The Balaban J connectivity index is 1.56. The van der Waals surface area contributed by atoms with Crippen LogP contribution in [0.3, 0.4) is 0 Å². The lowest BCUT2D eigenvalue weighted by Crippen LogP contribution is -2.45. The molecule has 1 saturated heterocycles. The Hall–Kier alpha value is -3.15. The number of amides is 3. The fraction of sp³-hybridized carbons (Fsp3) is 0.211. The number of rotatable bonds is 3. The molecule has 2 N–H and O–H groups in total. The predicted molar refractivity (Wildman–Crippen MR) is 93.7 cm³/mol. The highest BCUT2D eigenvalue weighted by Crippen LogP contribution is 2.24. The fourth-order valence-corrected chi connectivity index (χ4v) is 2.74. The average molecular weight is 337 g/mol. The summed E-state index contributed by atoms with van der Waals surface area (Å²) in [5, 5.41) is 0. The van der Waals surface area contributed by atoms with E-state index in [1.807, 2.05) is 49.4 Å². The van der Waals surface area contributed by atoms with E-state index < -0.39 is 11.8 Å². The zero-order valence-corrected chi connectivity index (χ0v) is 13.9. The normalized spacial score (nSPS) is 16.6. The lowest BCUT2D eigenvalue weighted by Gasteiger charge is -2.16. The molecule has 1 aliphatic rings. The first-order valence-electron chi connectivity index (χ1n) is 8.07. The summed E-state index contributed by atoms with van der Waals surface area (Å²) in [5.41, 5.74) is 7.08. The number of hydrogen-bond donors (Lipinski definition) is 2. The molecule has 128 valence electrons. The minimum Gasteiger partial charge on any atom is -0.312 e. The summed E-state index contributed by atoms with van der Waals surface area (Å²) in [7, 11) is 0. The summed E-state index contributed by atoms with van der Waals surface area (Å²) in [4.78, 5) is 38.0. The third-order valence-electron chi connectivity index (χ3n) is 4.18. The van der Waals surface area contributed by atoms with Crippen molar-refractivity contribution in [2.45, 2.75) is 13.3 Å². The molecule has 0 aromatic heterocycles. The standard InChI is InChI=1S/C19H19N3O3/c1-13-7-9-14(10-8-13)18(24)20-21-19(25)15-11-17(23)22(12-15)16-5-3-2-4-6-16/h2-10,15H,11-12H2,1H3,(H,20,24)(H,21,25)/t15-/m0/s1. The van der Waals surface area contributed by atoms with Crippen LogP contribution in [0.2, 0.25) is 0 Å². The number of benzene rings is 2. The zero-order valence-electron chi connectivity index (χ0n) is 13.9. The molecule has 6 heteroatoms. The van der Waals surface area contributed by atoms with Crippen LogP contribution in [0, 0.1) is 12.8 Å². The van der Waals surface area contributed by atoms with E-state index in [1.54, 1.807) is 17.0 Å². The first-order valence-corrected chi connectivity index (χ1v) is 8.07. The number of anilines is 1. The summed E-state index contributed by atoms with van der Waals surface area (Å²) < 4.78 is 0. The number of carbonyl (C=O) groups is 3. The fourth-order valence-electron chi connectivity index (χ4n) is 2.74. The first-order chi connectivity index (χ1) is 12.0. The van der Waals surface area contributed by atoms with Gasteiger partial charge in [-0.1, -0.05) is 35.9 Å². The highest BCUT2D eigenvalue weighted by atomic mass is 16.2. The highest BCUT2D eigenvalue weighted by molar-refractivity contribution is 6.01. The zero-order chi connectivity index (χ0) is 17.8. The van der Waals surface area contributed by atoms with Crippen LogP contribution in [0.25, 0.3) is 0 Å². The minimum absolute atomic E-state index is 0.101. The molecule has 3 amide bonds. The Morgan fingerprint density at radius 3 is 2.36 bits per heavy atom. The van der Waals surface area contributed by atoms with Gasteiger partial charge in [0.1, 0.15) is 0 Å². The van der Waals surface area contributed by atoms with Gasteiger partial charge in [0.15, 0.2) is 0 Å². The molecule has 25 heavy (non-hydrogen) atoms. The second kappa shape index (κ2) is 7.17. The van der Waals surface area contributed by atoms with Crippen LogP contribution >= 0.6 is 0 Å². The quantitative estimate of drug-likeness (QED) is 0.839. The van der Waals surface area contributed by atoms with Gasteiger partial charge in [-0.25, -0.2) is 0 Å². The minimum atomic E-state index is -0.494. The number of para-hydroxylation sites is 1. The van der Waals surface area contributed by atoms with Crippen molar-refractivity contribution in [1.82, 2.24) is 10.9 Å². The Bertz CT molecular complexity index is 787. The van der Waals surface area contributed by atoms with E-state index in [2.05, 4.69) is 10.9 Å². The molecule has 0 radical (unpaired) electrons. The van der Waals surface area contributed by atoms with Gasteiger partial charge < -0.3 is 4.90 Å². The van der Waals surface area contributed by atoms with Crippen molar-refractivity contribution in [2.75, 3.05) is 11.4 Å². The monoisotopic (exact) mass is 337 g/mol. The number of hydrazine groups is 1. The molecule has 1 aliphatic heterocycles. The van der Waals surface area contributed by atoms with Gasteiger partial charge in [0.2, 0.25) is 11.8 Å². The molecular formula is C19H19N3O3. The Morgan fingerprint density at radius 1 is 1.00 bits per heavy atom. The van der Waals surface area contributed by atoms with E-state index in [0.29, 0.717) is 12.1 Å². The molecule has 0 bridgehead atoms. The van der Waals surface area contributed by atoms with Crippen LogP contribution in [0.5, 0.6) is 0 Å². The van der Waals surface area contributed by atoms with Crippen molar-refractivity contribution in [2.24, 2.45) is 5.92 Å². The summed E-state index contributed by atoms with van der Waals surface area (Å²) in [6.07, 6.45) is 0.126. The third-order valence-corrected chi connectivity index (χ3v) is 4.18. The van der Waals surface area contributed by atoms with Crippen LogP contribution in [-0.2, 0) is 9.59 Å². The van der Waals surface area contributed by atoms with Gasteiger partial charge in [0.05, 0.1) is 5.92 Å². The molecule has 1 heterocycles. The van der Waals surface area contributed by atoms with E-state index in [9.17, 15) is 14.4 Å². The van der Waals surface area contributed by atoms with Gasteiger partial charge in [-0.3, -0.25) is 25.2 Å². The molecule has 3 rings (SSSR count). The molecule has 0 saturated carbocycles. The van der Waals surface area contributed by atoms with Gasteiger partial charge >= 0.3 is 0 Å². The van der Waals surface area contributed by atoms with Crippen LogP contribution in [0.4, 0.5) is 5.69 Å². The van der Waals surface area contributed by atoms with Gasteiger partial charge in [-0.15, -0.1) is 0 Å². The molecule has 0 spiro atoms. The highest BCUT2D eigenvalue weighted by Gasteiger charge is 2.35. The first kappa shape index (κ1) is 16.7. The number of hydrogen-bond acceptors (Lipinski definition) is 3. The largest absolute Gasteiger partial charge is 0.312 e. The third kappa shape index (κ3) is 3.85. The summed E-state index contributed by atoms with van der Waals surface area (Å²) >= 11 is 0. The van der Waals surface area contributed by atoms with E-state index in [4.69, 9.17) is 0 Å². The lowest BCUT2D eigenvalue weighted by atomic mass is 10.1. The Morgan fingerprint density at radius 2 is 1.68 bits per heavy atom. The molecule has 0 aliphatic carbocycles. The van der Waals surface area contributed by atoms with Gasteiger partial charge in [0.25, 0.3) is 5.91 Å². The van der Waals surface area contributed by atoms with Crippen LogP contribution in [0.1, 0.15) is 22.3 Å². The second-order valence-electron chi connectivity index (χ2n) is 6.05. The Labute approximate surface area is 145 Å². The van der Waals surface area contributed by atoms with E-state index in [-0.39, 0.29) is 18.2 Å². The van der Waals surface area contributed by atoms with Crippen molar-refractivity contribution < 1.29 is 14.4 Å². The number of nitrogens with one attached hydrogen (secondary N) is 2. The van der Waals surface area contributed by atoms with Gasteiger partial charge in [0, 0.05) is 24.2 Å². The van der Waals surface area contributed by atoms with Crippen molar-refractivity contribution >= 4 is 23.4 Å². The summed E-state index contributed by atoms with van der Waals surface area (Å²) in [6.45, 7) is 2.23. The number of nitrogens with zero attached hydrogens (tertiary/aromatic N) is 1. The summed E-state index contributed by atoms with van der Waals surface area (Å²) in [6, 6.07) is 16.2. The number of aryl methyl sites for hydroxylation is 1. The van der Waals surface area contributed by atoms with Crippen LogP contribution in [0.15, 0.2) is 54.6 Å². The van der Waals surface area contributed by atoms with Gasteiger partial charge in [-0.05, 0) is 31.2 Å². The maximum Gasteiger partial charge on any atom is 0.269 e. The Kier molecular flexibility index (Phi) is 4.79. The van der Waals surface area contributed by atoms with E-state index >= 15 is 0 Å². The molecular weight excluding hydrogens is 318 g/mol. The lowest BCUT2D eigenvalue weighted by molar-refractivity contribution is -0.126. The smallest absolute Gasteiger partial charge is 0.269 e. The topological polar surface area (TPSA) is 78.5 Å². The molecule has 0 unspecified atom stereocenters. The number of carbonyl (C=O) groups excluding carboxylic acids is 3. The van der Waals surface area contributed by atoms with Crippen molar-refractivity contribution in [3.63, 3.8) is 0 Å². The van der Waals surface area contributed by atoms with Crippen molar-refractivity contribution in [1.29, 1.82) is 0 Å². The maximum atomic E-state index is 12.3. The van der Waals surface area contributed by atoms with Crippen molar-refractivity contribution in [3.05, 3.63) is 65.7 Å². The SMILES string of the molecule is Cc1ccc(C(=O)NNC(=O)[C@H]2CC(=O)N(c3ccccc3)C2)cc1. The maximum absolute atomic E-state index is 12.3. The molecule has 2 aromatic carbocycles. The van der Waals surface area contributed by atoms with Crippen LogP contribution < -0.4 is 15.8 Å².